The Labute approximate surface area is 233 Å². The lowest BCUT2D eigenvalue weighted by Gasteiger charge is -2.48. The van der Waals surface area contributed by atoms with Crippen molar-refractivity contribution < 1.29 is 27.7 Å². The van der Waals surface area contributed by atoms with E-state index in [9.17, 15) is 14.7 Å². The van der Waals surface area contributed by atoms with E-state index in [1.54, 1.807) is 0 Å². The number of unbranched alkanes of at least 4 members (excludes halogenated alkanes) is 11. The summed E-state index contributed by atoms with van der Waals surface area (Å²) in [5.41, 5.74) is -1.01. The molecular weight excluding hydrogens is 503 g/mol. The molecule has 0 aromatic carbocycles. The van der Waals surface area contributed by atoms with E-state index in [2.05, 4.69) is 21.0 Å². The zero-order valence-electron chi connectivity index (χ0n) is 25.3. The van der Waals surface area contributed by atoms with Crippen LogP contribution in [0, 0.1) is 5.21 Å². The third-order valence-electron chi connectivity index (χ3n) is 8.40. The normalized spacial score (nSPS) is 25.6. The van der Waals surface area contributed by atoms with Crippen molar-refractivity contribution in [3.05, 3.63) is 5.21 Å². The van der Waals surface area contributed by atoms with Gasteiger partial charge in [0.2, 0.25) is 0 Å². The van der Waals surface area contributed by atoms with Crippen LogP contribution in [0.3, 0.4) is 0 Å². The topological polar surface area (TPSA) is 91.3 Å². The first-order valence-corrected chi connectivity index (χ1v) is 17.0. The van der Waals surface area contributed by atoms with Crippen LogP contribution in [0.15, 0.2) is 0 Å². The van der Waals surface area contributed by atoms with E-state index in [-0.39, 0.29) is 12.7 Å². The van der Waals surface area contributed by atoms with Gasteiger partial charge in [0, 0.05) is 18.4 Å². The molecule has 2 aliphatic rings. The van der Waals surface area contributed by atoms with Crippen LogP contribution >= 0.6 is 7.82 Å². The molecule has 2 fully saturated rings. The molecule has 2 unspecified atom stereocenters. The Balaban J connectivity index is 1.41. The summed E-state index contributed by atoms with van der Waals surface area (Å²) in [5.74, 6) is 0. The van der Waals surface area contributed by atoms with Crippen molar-refractivity contribution in [2.75, 3.05) is 40.4 Å². The number of quaternary nitrogens is 1. The zero-order valence-corrected chi connectivity index (χ0v) is 26.2. The van der Waals surface area contributed by atoms with E-state index in [0.29, 0.717) is 6.61 Å². The second-order valence-corrected chi connectivity index (χ2v) is 14.5. The van der Waals surface area contributed by atoms with E-state index in [0.717, 1.165) is 81.8 Å². The second-order valence-electron chi connectivity index (χ2n) is 13.1. The number of nitrogens with zero attached hydrogens (tertiary/aromatic N) is 2. The number of phosphoric acid groups is 1. The Kier molecular flexibility index (Phi) is 14.7. The fraction of sp³-hybridized carbons (Fsp3) is 1.00. The van der Waals surface area contributed by atoms with Crippen molar-refractivity contribution >= 4 is 7.82 Å². The Hall–Kier alpha value is -0.0500. The maximum absolute atomic E-state index is 12.9. The molecule has 2 rings (SSSR count). The van der Waals surface area contributed by atoms with Gasteiger partial charge in [0.1, 0.15) is 5.72 Å². The molecule has 2 aliphatic heterocycles. The molecule has 0 radical (unpaired) electrons. The number of hydrogen-bond acceptors (Lipinski definition) is 6. The van der Waals surface area contributed by atoms with Crippen molar-refractivity contribution in [1.29, 1.82) is 0 Å². The van der Waals surface area contributed by atoms with Crippen LogP contribution in [-0.2, 0) is 18.3 Å². The zero-order chi connectivity index (χ0) is 28.1. The monoisotopic (exact) mass is 562 g/mol. The predicted octanol–water partition coefficient (Wildman–Crippen LogP) is 7.54. The Bertz CT molecular complexity index is 697. The molecule has 0 spiro atoms. The Morgan fingerprint density at radius 2 is 1.42 bits per heavy atom. The molecule has 0 amide bonds. The predicted molar refractivity (Wildman–Crippen MR) is 155 cm³/mol. The molecular formula is C29H59N2O6P. The van der Waals surface area contributed by atoms with Gasteiger partial charge in [0.05, 0.1) is 46.5 Å². The maximum atomic E-state index is 12.9. The lowest BCUT2D eigenvalue weighted by atomic mass is 9.95. The molecule has 2 heterocycles. The van der Waals surface area contributed by atoms with Crippen molar-refractivity contribution in [2.45, 2.75) is 147 Å². The highest BCUT2D eigenvalue weighted by Crippen LogP contribution is 2.46. The van der Waals surface area contributed by atoms with Gasteiger partial charge >= 0.3 is 7.82 Å². The molecule has 2 saturated heterocycles. The molecule has 8 nitrogen and oxygen atoms in total. The number of phosphoric ester groups is 1. The van der Waals surface area contributed by atoms with Gasteiger partial charge in [-0.05, 0) is 46.0 Å². The minimum Gasteiger partial charge on any atom is -0.783 e. The number of rotatable bonds is 20. The first-order chi connectivity index (χ1) is 17.9. The van der Waals surface area contributed by atoms with Crippen molar-refractivity contribution in [3.63, 3.8) is 0 Å². The molecule has 0 saturated carbocycles. The van der Waals surface area contributed by atoms with Crippen LogP contribution < -0.4 is 0 Å². The third kappa shape index (κ3) is 12.2. The van der Waals surface area contributed by atoms with E-state index in [1.165, 1.54) is 50.0 Å². The third-order valence-corrected chi connectivity index (χ3v) is 9.47. The van der Waals surface area contributed by atoms with Gasteiger partial charge in [-0.1, -0.05) is 71.1 Å². The molecule has 2 atom stereocenters. The first kappa shape index (κ1) is 34.2. The van der Waals surface area contributed by atoms with Crippen molar-refractivity contribution in [3.8, 4) is 0 Å². The Morgan fingerprint density at radius 1 is 0.921 bits per heavy atom. The Morgan fingerprint density at radius 3 is 1.92 bits per heavy atom. The second kappa shape index (κ2) is 16.4. The molecule has 9 heteroatoms. The van der Waals surface area contributed by atoms with Gasteiger partial charge in [-0.3, -0.25) is 9.05 Å². The number of ether oxygens (including phenoxy) is 1. The summed E-state index contributed by atoms with van der Waals surface area (Å²) >= 11 is 0. The van der Waals surface area contributed by atoms with Crippen molar-refractivity contribution in [1.82, 2.24) is 5.06 Å². The summed E-state index contributed by atoms with van der Waals surface area (Å²) in [4.78, 5) is 9.99. The van der Waals surface area contributed by atoms with Crippen LogP contribution in [0.1, 0.15) is 130 Å². The van der Waals surface area contributed by atoms with Crippen molar-refractivity contribution in [2.24, 2.45) is 0 Å². The molecule has 0 bridgehead atoms. The van der Waals surface area contributed by atoms with Crippen LogP contribution in [0.4, 0.5) is 0 Å². The minimum absolute atomic E-state index is 0.170. The highest BCUT2D eigenvalue weighted by molar-refractivity contribution is 7.47. The van der Waals surface area contributed by atoms with Gasteiger partial charge in [-0.25, -0.2) is 4.57 Å². The number of piperidine rings is 1. The first-order valence-electron chi connectivity index (χ1n) is 15.5. The van der Waals surface area contributed by atoms with Gasteiger partial charge in [-0.2, -0.15) is 0 Å². The summed E-state index contributed by atoms with van der Waals surface area (Å²) in [6.45, 7) is 8.88. The lowest BCUT2D eigenvalue weighted by Crippen LogP contribution is -2.48. The molecule has 38 heavy (non-hydrogen) atoms. The van der Waals surface area contributed by atoms with E-state index < -0.39 is 19.1 Å². The van der Waals surface area contributed by atoms with Crippen LogP contribution in [0.5, 0.6) is 0 Å². The maximum Gasteiger partial charge on any atom is 0.472 e. The largest absolute Gasteiger partial charge is 0.783 e. The highest BCUT2D eigenvalue weighted by atomic mass is 31.2. The van der Waals surface area contributed by atoms with E-state index in [1.807, 2.05) is 13.8 Å². The SMILES string of the molecule is CCCCC1(CCCCCCCCCCCCCOP(=O)(O)OC2CC[N+](C)(C)CC2)OCC(C)(C)N1[O-]. The fourth-order valence-corrected chi connectivity index (χ4v) is 6.75. The summed E-state index contributed by atoms with van der Waals surface area (Å²) < 4.78 is 29.8. The van der Waals surface area contributed by atoms with Gasteiger partial charge in [0.25, 0.3) is 0 Å². The van der Waals surface area contributed by atoms with Gasteiger partial charge < -0.3 is 24.4 Å². The molecule has 0 aliphatic carbocycles. The summed E-state index contributed by atoms with van der Waals surface area (Å²) in [7, 11) is 0.407. The summed E-state index contributed by atoms with van der Waals surface area (Å²) in [6.07, 6.45) is 17.9. The fourth-order valence-electron chi connectivity index (χ4n) is 5.75. The quantitative estimate of drug-likeness (QED) is 0.0931. The van der Waals surface area contributed by atoms with Gasteiger partial charge in [0.15, 0.2) is 0 Å². The van der Waals surface area contributed by atoms with E-state index >= 15 is 0 Å². The average molecular weight is 563 g/mol. The van der Waals surface area contributed by atoms with Crippen LogP contribution in [0.2, 0.25) is 0 Å². The standard InChI is InChI=1S/C29H59N2O6P/c1-6-7-21-29(30(32)28(2,3)26-35-29)22-17-15-13-11-9-8-10-12-14-16-18-25-36-38(33,34)37-27-19-23-31(4,5)24-20-27/h27H,6-26H2,1-5H3,(H,33,34). The number of likely N-dealkylation sites (tertiary alicyclic amines) is 1. The van der Waals surface area contributed by atoms with E-state index in [4.69, 9.17) is 13.8 Å². The van der Waals surface area contributed by atoms with Gasteiger partial charge in [-0.15, -0.1) is 0 Å². The lowest BCUT2D eigenvalue weighted by molar-refractivity contribution is -0.896. The van der Waals surface area contributed by atoms with Crippen LogP contribution in [0.25, 0.3) is 0 Å². The van der Waals surface area contributed by atoms with Crippen LogP contribution in [-0.4, -0.2) is 72.2 Å². The molecule has 0 aromatic rings. The summed E-state index contributed by atoms with van der Waals surface area (Å²) in [5, 5.41) is 14.2. The summed E-state index contributed by atoms with van der Waals surface area (Å²) in [6, 6.07) is 0. The molecule has 0 aromatic heterocycles. The minimum atomic E-state index is -3.94. The smallest absolute Gasteiger partial charge is 0.472 e. The number of hydroxylamine groups is 2. The average Bonchev–Trinajstić information content (AvgIpc) is 3.08. The highest BCUT2D eigenvalue weighted by Gasteiger charge is 2.45. The molecule has 1 N–H and O–H groups in total. The molecule has 226 valence electrons. The number of hydrogen-bond donors (Lipinski definition) is 1.